The maximum absolute atomic E-state index is 12.9. The molecule has 1 aliphatic carbocycles. The van der Waals surface area contributed by atoms with Gasteiger partial charge in [-0.15, -0.1) is 33.1 Å². The Morgan fingerprint density at radius 1 is 1.00 bits per heavy atom. The van der Waals surface area contributed by atoms with E-state index in [1.807, 2.05) is 50.3 Å². The molecule has 0 spiro atoms. The minimum absolute atomic E-state index is 0. The van der Waals surface area contributed by atoms with Crippen LogP contribution >= 0.6 is 0 Å². The van der Waals surface area contributed by atoms with Gasteiger partial charge in [-0.05, 0) is 31.2 Å². The number of nitrogens with zero attached hydrogens (tertiary/aromatic N) is 4. The van der Waals surface area contributed by atoms with Gasteiger partial charge < -0.3 is 30.1 Å². The molecule has 8 heteroatoms. The molecule has 0 radical (unpaired) electrons. The van der Waals surface area contributed by atoms with Gasteiger partial charge in [-0.25, -0.2) is 0 Å². The van der Waals surface area contributed by atoms with Gasteiger partial charge in [-0.1, -0.05) is 79.6 Å². The molecule has 0 aromatic carbocycles. The molecule has 3 aromatic heterocycles. The summed E-state index contributed by atoms with van der Waals surface area (Å²) in [6.07, 6.45) is 7.73. The Morgan fingerprint density at radius 3 is 2.32 bits per heavy atom. The third-order valence-corrected chi connectivity index (χ3v) is 8.19. The number of hydrogen-bond acceptors (Lipinski definition) is 3. The van der Waals surface area contributed by atoms with Crippen molar-refractivity contribution in [3.63, 3.8) is 0 Å². The number of ether oxygens (including phenoxy) is 1. The van der Waals surface area contributed by atoms with Crippen LogP contribution in [0.3, 0.4) is 0 Å². The molecule has 3 aromatic rings. The van der Waals surface area contributed by atoms with Crippen LogP contribution in [-0.2, 0) is 9.53 Å². The van der Waals surface area contributed by atoms with E-state index >= 15 is 0 Å². The van der Waals surface area contributed by atoms with Crippen LogP contribution in [0.5, 0.6) is 0 Å². The smallest absolute Gasteiger partial charge is 0.681 e. The Bertz CT molecular complexity index is 1770. The molecule has 1 saturated heterocycles. The number of aliphatic hydroxyl groups is 1. The first-order valence-electron chi connectivity index (χ1n) is 12.5. The summed E-state index contributed by atoms with van der Waals surface area (Å²) in [5.74, 6) is -1.27. The minimum Gasteiger partial charge on any atom is -0.681 e. The molecule has 1 unspecified atom stereocenters. The Kier molecular flexibility index (Phi) is 6.51. The molecule has 0 amide bonds. The third-order valence-electron chi connectivity index (χ3n) is 8.19. The molecule has 38 heavy (non-hydrogen) atoms. The molecule has 7 nitrogen and oxygen atoms in total. The zero-order chi connectivity index (χ0) is 26.2. The number of allylic oxidation sites excluding steroid dienone is 1. The van der Waals surface area contributed by atoms with Crippen LogP contribution in [0.1, 0.15) is 47.6 Å². The fraction of sp³-hybridized carbons (Fsp3) is 0.300. The third kappa shape index (κ3) is 3.73. The molecule has 5 heterocycles. The van der Waals surface area contributed by atoms with Crippen molar-refractivity contribution in [1.82, 2.24) is 15.0 Å². The van der Waals surface area contributed by atoms with Gasteiger partial charge >= 0.3 is 29.0 Å². The second kappa shape index (κ2) is 9.43. The standard InChI is InChI=1S/C30H28N4O3.Mg/c1-7-19-15(4)22-12-21-13(2)14(3)27(33-21)25-26(30(36)37-6)29(35)24-16(5)20(34-28(24)25)10-17-8-9-18(31-17)11-23(19)32-22;/h7-14,26-27,35H,1H2,2-6H3;/q-4;+2/b17-10-,18-11-,21-12-;/t13-,14-,26+,27?;/m0./s1. The van der Waals surface area contributed by atoms with Crippen molar-refractivity contribution >= 4 is 64.7 Å². The van der Waals surface area contributed by atoms with Crippen LogP contribution < -0.4 is 36.2 Å². The number of aromatic nitrogens is 3. The number of hydrogen-bond donors (Lipinski definition) is 1. The van der Waals surface area contributed by atoms with Gasteiger partial charge in [-0.3, -0.25) is 4.79 Å². The van der Waals surface area contributed by atoms with Gasteiger partial charge in [0.25, 0.3) is 0 Å². The summed E-state index contributed by atoms with van der Waals surface area (Å²) in [5.41, 5.74) is 6.76. The quantitative estimate of drug-likeness (QED) is 0.404. The van der Waals surface area contributed by atoms with Crippen LogP contribution in [0, 0.1) is 31.6 Å². The van der Waals surface area contributed by atoms with Crippen molar-refractivity contribution in [2.24, 2.45) is 17.8 Å². The van der Waals surface area contributed by atoms with Crippen LogP contribution in [0.2, 0.25) is 0 Å². The fourth-order valence-electron chi connectivity index (χ4n) is 5.87. The molecule has 8 bridgehead atoms. The number of fused-ring (bicyclic) bond motifs is 8. The molecular weight excluding hydrogens is 489 g/mol. The summed E-state index contributed by atoms with van der Waals surface area (Å²) < 4.78 is 5.12. The Labute approximate surface area is 236 Å². The second-order valence-electron chi connectivity index (χ2n) is 10.1. The van der Waals surface area contributed by atoms with E-state index in [-0.39, 0.29) is 46.7 Å². The van der Waals surface area contributed by atoms with Crippen LogP contribution in [0.4, 0.5) is 0 Å². The first-order valence-corrected chi connectivity index (χ1v) is 12.5. The summed E-state index contributed by atoms with van der Waals surface area (Å²) in [7, 11) is 1.34. The average molecular weight is 517 g/mol. The van der Waals surface area contributed by atoms with Gasteiger partial charge in [0.1, 0.15) is 11.7 Å². The number of carbonyl (C=O) groups excluding carboxylic acids is 1. The zero-order valence-corrected chi connectivity index (χ0v) is 23.7. The molecule has 6 rings (SSSR count). The summed E-state index contributed by atoms with van der Waals surface area (Å²) >= 11 is 0. The van der Waals surface area contributed by atoms with E-state index in [4.69, 9.17) is 25.0 Å². The van der Waals surface area contributed by atoms with Crippen molar-refractivity contribution in [3.8, 4) is 0 Å². The van der Waals surface area contributed by atoms with Gasteiger partial charge in [0.15, 0.2) is 0 Å². The predicted molar refractivity (Wildman–Crippen MR) is 149 cm³/mol. The summed E-state index contributed by atoms with van der Waals surface area (Å²) in [5, 5.41) is 19.2. The molecule has 0 saturated carbocycles. The van der Waals surface area contributed by atoms with Gasteiger partial charge in [-0.2, -0.15) is 5.70 Å². The van der Waals surface area contributed by atoms with E-state index in [1.54, 1.807) is 0 Å². The van der Waals surface area contributed by atoms with E-state index < -0.39 is 11.9 Å². The van der Waals surface area contributed by atoms with Crippen LogP contribution in [0.25, 0.3) is 41.0 Å². The van der Waals surface area contributed by atoms with Crippen molar-refractivity contribution in [1.29, 1.82) is 0 Å². The maximum Gasteiger partial charge on any atom is 2.00 e. The van der Waals surface area contributed by atoms with Crippen LogP contribution in [0.15, 0.2) is 24.4 Å². The Hall–Kier alpha value is -3.36. The van der Waals surface area contributed by atoms with Gasteiger partial charge in [0.05, 0.1) is 7.11 Å². The molecule has 190 valence electrons. The molecule has 1 N–H and O–H groups in total. The Balaban J connectivity index is 0.00000294. The van der Waals surface area contributed by atoms with Crippen molar-refractivity contribution < 1.29 is 14.6 Å². The topological polar surface area (TPSA) is 103 Å². The zero-order valence-electron chi connectivity index (χ0n) is 22.2. The first-order chi connectivity index (χ1) is 17.7. The summed E-state index contributed by atoms with van der Waals surface area (Å²) in [4.78, 5) is 27.5. The average Bonchev–Trinajstić information content (AvgIpc) is 3.64. The predicted octanol–water partition coefficient (Wildman–Crippen LogP) is 1.10. The van der Waals surface area contributed by atoms with Crippen molar-refractivity contribution in [3.05, 3.63) is 84.8 Å². The Morgan fingerprint density at radius 2 is 1.66 bits per heavy atom. The molecule has 1 fully saturated rings. The van der Waals surface area contributed by atoms with E-state index in [9.17, 15) is 9.90 Å². The first kappa shape index (κ1) is 26.3. The second-order valence-corrected chi connectivity index (χ2v) is 10.1. The molecule has 3 aliphatic rings. The fourth-order valence-corrected chi connectivity index (χ4v) is 5.87. The molecular formula is C30H28MgN4O3-2. The molecule has 4 atom stereocenters. The van der Waals surface area contributed by atoms with Crippen molar-refractivity contribution in [2.75, 3.05) is 7.11 Å². The monoisotopic (exact) mass is 516 g/mol. The largest absolute Gasteiger partial charge is 2.00 e. The van der Waals surface area contributed by atoms with Crippen molar-refractivity contribution in [2.45, 2.75) is 33.7 Å². The van der Waals surface area contributed by atoms with Gasteiger partial charge in [0.2, 0.25) is 0 Å². The van der Waals surface area contributed by atoms with E-state index in [0.29, 0.717) is 21.8 Å². The summed E-state index contributed by atoms with van der Waals surface area (Å²) in [6, 6.07) is 3.54. The van der Waals surface area contributed by atoms with E-state index in [0.717, 1.165) is 44.5 Å². The number of carbonyl (C=O) groups is 1. The van der Waals surface area contributed by atoms with E-state index in [2.05, 4.69) is 20.4 Å². The number of esters is 1. The number of aliphatic hydroxyl groups excluding tert-OH is 1. The summed E-state index contributed by atoms with van der Waals surface area (Å²) in [6.45, 7) is 12.2. The van der Waals surface area contributed by atoms with Crippen LogP contribution in [-0.4, -0.2) is 47.3 Å². The van der Waals surface area contributed by atoms with E-state index in [1.165, 1.54) is 7.11 Å². The number of rotatable bonds is 2. The van der Waals surface area contributed by atoms with Gasteiger partial charge in [0, 0.05) is 5.22 Å². The normalized spacial score (nSPS) is 26.3. The minimum atomic E-state index is -0.923. The maximum atomic E-state index is 12.9. The molecule has 2 aliphatic heterocycles. The number of methoxy groups -OCH3 is 1. The SMILES string of the molecule is C=Cc1c2[n-]c(c1C)/C=C1\[N-]C(C3=c4[n-]c(c(C)c4=C(O)[C@@H]3C(=O)OC)/C=c3/cc/c([n-]3)=C/2)[C@@H](C)[C@@H]1C.[Mg+2].